The highest BCUT2D eigenvalue weighted by molar-refractivity contribution is 9.10. The minimum absolute atomic E-state index is 0.549. The van der Waals surface area contributed by atoms with Gasteiger partial charge in [-0.2, -0.15) is 5.10 Å². The summed E-state index contributed by atoms with van der Waals surface area (Å²) in [5.41, 5.74) is 1.35. The molecular weight excluding hydrogens is 368 g/mol. The van der Waals surface area contributed by atoms with Crippen LogP contribution in [-0.4, -0.2) is 34.3 Å². The molecule has 0 bridgehead atoms. The Morgan fingerprint density at radius 3 is 2.83 bits per heavy atom. The second kappa shape index (κ2) is 9.42. The van der Waals surface area contributed by atoms with E-state index in [-0.39, 0.29) is 0 Å². The number of halogens is 1. The molecule has 0 aliphatic carbocycles. The van der Waals surface area contributed by atoms with Crippen LogP contribution in [0.2, 0.25) is 0 Å². The van der Waals surface area contributed by atoms with Crippen LogP contribution in [0.4, 0.5) is 0 Å². The summed E-state index contributed by atoms with van der Waals surface area (Å²) in [5.74, 6) is 2.21. The van der Waals surface area contributed by atoms with E-state index in [1.807, 2.05) is 7.05 Å². The van der Waals surface area contributed by atoms with Crippen LogP contribution in [0.15, 0.2) is 40.1 Å². The molecule has 1 aromatic carbocycles. The molecule has 1 aromatic heterocycles. The van der Waals surface area contributed by atoms with E-state index >= 15 is 0 Å². The first kappa shape index (κ1) is 18.4. The Labute approximate surface area is 151 Å². The van der Waals surface area contributed by atoms with Crippen LogP contribution < -0.4 is 10.6 Å². The minimum atomic E-state index is 0.549. The first-order chi connectivity index (χ1) is 11.6. The first-order valence-electron chi connectivity index (χ1n) is 8.14. The van der Waals surface area contributed by atoms with Gasteiger partial charge in [0.05, 0.1) is 6.54 Å². The number of aryl methyl sites for hydroxylation is 1. The average Bonchev–Trinajstić information content (AvgIpc) is 2.99. The quantitative estimate of drug-likeness (QED) is 0.561. The largest absolute Gasteiger partial charge is 0.356 e. The molecule has 0 saturated heterocycles. The van der Waals surface area contributed by atoms with Crippen LogP contribution >= 0.6 is 15.9 Å². The van der Waals surface area contributed by atoms with Crippen molar-refractivity contribution < 1.29 is 0 Å². The predicted octanol–water partition coefficient (Wildman–Crippen LogP) is 2.51. The van der Waals surface area contributed by atoms with E-state index in [1.54, 1.807) is 18.1 Å². The van der Waals surface area contributed by atoms with Crippen LogP contribution in [0.1, 0.15) is 24.7 Å². The smallest absolute Gasteiger partial charge is 0.191 e. The molecule has 0 saturated carbocycles. The van der Waals surface area contributed by atoms with Crippen LogP contribution in [0.5, 0.6) is 0 Å². The van der Waals surface area contributed by atoms with Crippen molar-refractivity contribution in [3.05, 3.63) is 46.5 Å². The fraction of sp³-hybridized carbons (Fsp3) is 0.471. The van der Waals surface area contributed by atoms with Gasteiger partial charge >= 0.3 is 0 Å². The number of nitrogens with one attached hydrogen (secondary N) is 2. The van der Waals surface area contributed by atoms with Gasteiger partial charge in [0.15, 0.2) is 5.96 Å². The van der Waals surface area contributed by atoms with Gasteiger partial charge in [-0.05, 0) is 30.0 Å². The molecule has 6 nitrogen and oxygen atoms in total. The first-order valence-corrected chi connectivity index (χ1v) is 8.93. The second-order valence-electron chi connectivity index (χ2n) is 5.71. The standard InChI is InChI=1S/C17H25BrN6/c1-4-13(8-14-6-5-7-15(18)9-14)10-20-17(19-2)21-11-16-22-12-23-24(16)3/h5-7,9,12-13H,4,8,10-11H2,1-3H3,(H2,19,20,21). The van der Waals surface area contributed by atoms with E-state index in [4.69, 9.17) is 0 Å². The van der Waals surface area contributed by atoms with Gasteiger partial charge in [-0.25, -0.2) is 4.98 Å². The van der Waals surface area contributed by atoms with E-state index in [0.29, 0.717) is 12.5 Å². The van der Waals surface area contributed by atoms with Crippen molar-refractivity contribution in [2.24, 2.45) is 18.0 Å². The van der Waals surface area contributed by atoms with Crippen molar-refractivity contribution in [2.75, 3.05) is 13.6 Å². The SMILES string of the molecule is CCC(CNC(=NC)NCc1ncnn1C)Cc1cccc(Br)c1. The molecule has 1 unspecified atom stereocenters. The number of nitrogens with zero attached hydrogens (tertiary/aromatic N) is 4. The summed E-state index contributed by atoms with van der Waals surface area (Å²) in [4.78, 5) is 8.47. The lowest BCUT2D eigenvalue weighted by atomic mass is 9.97. The van der Waals surface area contributed by atoms with Crippen molar-refractivity contribution in [3.8, 4) is 0 Å². The third kappa shape index (κ3) is 5.63. The van der Waals surface area contributed by atoms with E-state index < -0.39 is 0 Å². The van der Waals surface area contributed by atoms with E-state index in [1.165, 1.54) is 5.56 Å². The van der Waals surface area contributed by atoms with Gasteiger partial charge in [0.2, 0.25) is 0 Å². The maximum absolute atomic E-state index is 4.27. The average molecular weight is 393 g/mol. The fourth-order valence-electron chi connectivity index (χ4n) is 2.46. The lowest BCUT2D eigenvalue weighted by Gasteiger charge is -2.18. The van der Waals surface area contributed by atoms with Gasteiger partial charge in [-0.3, -0.25) is 9.67 Å². The highest BCUT2D eigenvalue weighted by atomic mass is 79.9. The normalized spacial score (nSPS) is 12.9. The summed E-state index contributed by atoms with van der Waals surface area (Å²) in [6.45, 7) is 3.69. The minimum Gasteiger partial charge on any atom is -0.356 e. The summed E-state index contributed by atoms with van der Waals surface area (Å²) in [6, 6.07) is 8.50. The Kier molecular flexibility index (Phi) is 7.24. The van der Waals surface area contributed by atoms with Crippen molar-refractivity contribution in [1.29, 1.82) is 0 Å². The molecule has 7 heteroatoms. The Hall–Kier alpha value is -1.89. The molecule has 24 heavy (non-hydrogen) atoms. The summed E-state index contributed by atoms with van der Waals surface area (Å²) < 4.78 is 2.88. The summed E-state index contributed by atoms with van der Waals surface area (Å²) >= 11 is 3.53. The Bertz CT molecular complexity index is 667. The number of hydrogen-bond donors (Lipinski definition) is 2. The van der Waals surface area contributed by atoms with Gasteiger partial charge in [-0.15, -0.1) is 0 Å². The Balaban J connectivity index is 1.83. The predicted molar refractivity (Wildman–Crippen MR) is 101 cm³/mol. The molecule has 2 rings (SSSR count). The number of aromatic nitrogens is 3. The maximum atomic E-state index is 4.27. The third-order valence-corrected chi connectivity index (χ3v) is 4.48. The Morgan fingerprint density at radius 2 is 2.21 bits per heavy atom. The monoisotopic (exact) mass is 392 g/mol. The summed E-state index contributed by atoms with van der Waals surface area (Å²) in [7, 11) is 3.66. The Morgan fingerprint density at radius 1 is 1.38 bits per heavy atom. The topological polar surface area (TPSA) is 67.1 Å². The number of guanidine groups is 1. The van der Waals surface area contributed by atoms with Crippen molar-refractivity contribution in [3.63, 3.8) is 0 Å². The zero-order valence-corrected chi connectivity index (χ0v) is 16.0. The van der Waals surface area contributed by atoms with Gasteiger partial charge in [-0.1, -0.05) is 41.4 Å². The fourth-order valence-corrected chi connectivity index (χ4v) is 2.91. The number of benzene rings is 1. The molecule has 0 amide bonds. The van der Waals surface area contributed by atoms with Gasteiger partial charge in [0.25, 0.3) is 0 Å². The van der Waals surface area contributed by atoms with Crippen LogP contribution in [0.3, 0.4) is 0 Å². The van der Waals surface area contributed by atoms with E-state index in [0.717, 1.165) is 35.6 Å². The molecule has 2 N–H and O–H groups in total. The second-order valence-corrected chi connectivity index (χ2v) is 6.63. The maximum Gasteiger partial charge on any atom is 0.191 e. The van der Waals surface area contributed by atoms with Crippen LogP contribution in [0, 0.1) is 5.92 Å². The molecule has 0 fully saturated rings. The summed E-state index contributed by atoms with van der Waals surface area (Å²) in [5, 5.41) is 10.7. The van der Waals surface area contributed by atoms with Gasteiger partial charge in [0, 0.05) is 25.1 Å². The molecule has 1 heterocycles. The number of hydrogen-bond acceptors (Lipinski definition) is 3. The summed E-state index contributed by atoms with van der Waals surface area (Å²) in [6.07, 6.45) is 3.71. The molecular formula is C17H25BrN6. The highest BCUT2D eigenvalue weighted by Crippen LogP contribution is 2.16. The van der Waals surface area contributed by atoms with Crippen molar-refractivity contribution in [1.82, 2.24) is 25.4 Å². The molecule has 130 valence electrons. The van der Waals surface area contributed by atoms with E-state index in [9.17, 15) is 0 Å². The van der Waals surface area contributed by atoms with Crippen LogP contribution in [-0.2, 0) is 20.0 Å². The third-order valence-electron chi connectivity index (χ3n) is 3.99. The molecule has 0 spiro atoms. The molecule has 0 aliphatic rings. The van der Waals surface area contributed by atoms with Gasteiger partial charge in [0.1, 0.15) is 12.2 Å². The number of aliphatic imine (C=N–C) groups is 1. The molecule has 0 radical (unpaired) electrons. The van der Waals surface area contributed by atoms with Crippen molar-refractivity contribution >= 4 is 21.9 Å². The van der Waals surface area contributed by atoms with E-state index in [2.05, 4.69) is 72.8 Å². The number of rotatable bonds is 7. The lowest BCUT2D eigenvalue weighted by Crippen LogP contribution is -2.40. The van der Waals surface area contributed by atoms with Crippen LogP contribution in [0.25, 0.3) is 0 Å². The zero-order chi connectivity index (χ0) is 17.4. The molecule has 1 atom stereocenters. The lowest BCUT2D eigenvalue weighted by molar-refractivity contribution is 0.493. The molecule has 2 aromatic rings. The van der Waals surface area contributed by atoms with Crippen molar-refractivity contribution in [2.45, 2.75) is 26.3 Å². The molecule has 0 aliphatic heterocycles. The highest BCUT2D eigenvalue weighted by Gasteiger charge is 2.10. The zero-order valence-electron chi connectivity index (χ0n) is 14.5. The van der Waals surface area contributed by atoms with Gasteiger partial charge < -0.3 is 10.6 Å².